The summed E-state index contributed by atoms with van der Waals surface area (Å²) < 4.78 is 0. The van der Waals surface area contributed by atoms with Crippen molar-refractivity contribution in [2.24, 2.45) is 5.92 Å². The van der Waals surface area contributed by atoms with Gasteiger partial charge in [-0.05, 0) is 30.0 Å². The van der Waals surface area contributed by atoms with Crippen LogP contribution in [0.25, 0.3) is 0 Å². The van der Waals surface area contributed by atoms with E-state index in [0.717, 1.165) is 24.4 Å². The minimum Gasteiger partial charge on any atom is -0.352 e. The number of nitrogens with one attached hydrogen (secondary N) is 1. The summed E-state index contributed by atoms with van der Waals surface area (Å²) in [5.41, 5.74) is 1.75. The first-order valence-electron chi connectivity index (χ1n) is 5.72. The summed E-state index contributed by atoms with van der Waals surface area (Å²) in [6.45, 7) is 0.792. The fourth-order valence-corrected chi connectivity index (χ4v) is 1.82. The number of halogens is 1. The fourth-order valence-electron chi connectivity index (χ4n) is 1.64. The maximum Gasteiger partial charge on any atom is 0.251 e. The van der Waals surface area contributed by atoms with Crippen LogP contribution in [0.4, 0.5) is 0 Å². The predicted octanol–water partition coefficient (Wildman–Crippen LogP) is 2.96. The number of hydrogen-bond donors (Lipinski definition) is 1. The third-order valence-corrected chi connectivity index (χ3v) is 3.21. The van der Waals surface area contributed by atoms with Gasteiger partial charge in [0.1, 0.15) is 0 Å². The Hall–Kier alpha value is -1.02. The van der Waals surface area contributed by atoms with E-state index in [2.05, 4.69) is 5.32 Å². The molecule has 0 spiro atoms. The van der Waals surface area contributed by atoms with Gasteiger partial charge in [-0.2, -0.15) is 0 Å². The minimum atomic E-state index is 0.0155. The van der Waals surface area contributed by atoms with E-state index >= 15 is 0 Å². The normalized spacial score (nSPS) is 14.8. The molecule has 1 aliphatic rings. The van der Waals surface area contributed by atoms with Gasteiger partial charge in [-0.15, -0.1) is 11.6 Å². The van der Waals surface area contributed by atoms with Crippen LogP contribution >= 0.6 is 11.6 Å². The van der Waals surface area contributed by atoms with Crippen molar-refractivity contribution in [2.75, 3.05) is 6.54 Å². The molecule has 0 unspecified atom stereocenters. The molecule has 0 radical (unpaired) electrons. The molecule has 1 saturated carbocycles. The summed E-state index contributed by atoms with van der Waals surface area (Å²) in [7, 11) is 0. The minimum absolute atomic E-state index is 0.0155. The summed E-state index contributed by atoms with van der Waals surface area (Å²) in [6, 6.07) is 7.43. The van der Waals surface area contributed by atoms with Crippen LogP contribution in [-0.4, -0.2) is 12.5 Å². The van der Waals surface area contributed by atoms with Crippen LogP contribution in [0.2, 0.25) is 0 Å². The average Bonchev–Trinajstić information content (AvgIpc) is 3.13. The summed E-state index contributed by atoms with van der Waals surface area (Å²) in [5, 5.41) is 2.94. The van der Waals surface area contributed by atoms with Crippen molar-refractivity contribution in [2.45, 2.75) is 25.1 Å². The maximum atomic E-state index is 11.7. The highest BCUT2D eigenvalue weighted by molar-refractivity contribution is 6.17. The van der Waals surface area contributed by atoms with Crippen molar-refractivity contribution in [1.82, 2.24) is 5.32 Å². The molecule has 16 heavy (non-hydrogen) atoms. The SMILES string of the molecule is O=C(NCCC1CC1)c1ccc(CCl)cc1. The molecule has 1 aromatic rings. The van der Waals surface area contributed by atoms with E-state index in [-0.39, 0.29) is 5.91 Å². The lowest BCUT2D eigenvalue weighted by atomic mass is 10.1. The van der Waals surface area contributed by atoms with Gasteiger partial charge in [0.2, 0.25) is 0 Å². The van der Waals surface area contributed by atoms with Crippen LogP contribution in [0.3, 0.4) is 0 Å². The first kappa shape index (κ1) is 11.5. The summed E-state index contributed by atoms with van der Waals surface area (Å²) >= 11 is 5.68. The van der Waals surface area contributed by atoms with Crippen LogP contribution in [0.1, 0.15) is 35.2 Å². The van der Waals surface area contributed by atoms with E-state index in [1.54, 1.807) is 0 Å². The number of benzene rings is 1. The number of hydrogen-bond acceptors (Lipinski definition) is 1. The van der Waals surface area contributed by atoms with Crippen molar-refractivity contribution in [3.8, 4) is 0 Å². The monoisotopic (exact) mass is 237 g/mol. The standard InChI is InChI=1S/C13H16ClNO/c14-9-11-3-5-12(6-4-11)13(16)15-8-7-10-1-2-10/h3-6,10H,1-2,7-9H2,(H,15,16). The highest BCUT2D eigenvalue weighted by Crippen LogP contribution is 2.31. The number of rotatable bonds is 5. The Balaban J connectivity index is 1.81. The van der Waals surface area contributed by atoms with Crippen LogP contribution in [-0.2, 0) is 5.88 Å². The molecule has 0 saturated heterocycles. The van der Waals surface area contributed by atoms with Gasteiger partial charge in [0.25, 0.3) is 5.91 Å². The van der Waals surface area contributed by atoms with Crippen LogP contribution in [0.5, 0.6) is 0 Å². The second-order valence-corrected chi connectivity index (χ2v) is 4.59. The Kier molecular flexibility index (Phi) is 3.83. The topological polar surface area (TPSA) is 29.1 Å². The molecule has 0 aliphatic heterocycles. The van der Waals surface area contributed by atoms with Gasteiger partial charge < -0.3 is 5.32 Å². The summed E-state index contributed by atoms with van der Waals surface area (Å²) in [5.74, 6) is 1.37. The second kappa shape index (κ2) is 5.35. The van der Waals surface area contributed by atoms with Gasteiger partial charge in [-0.3, -0.25) is 4.79 Å². The average molecular weight is 238 g/mol. The summed E-state index contributed by atoms with van der Waals surface area (Å²) in [6.07, 6.45) is 3.78. The van der Waals surface area contributed by atoms with Crippen LogP contribution in [0.15, 0.2) is 24.3 Å². The van der Waals surface area contributed by atoms with E-state index in [1.165, 1.54) is 12.8 Å². The third-order valence-electron chi connectivity index (χ3n) is 2.91. The van der Waals surface area contributed by atoms with Gasteiger partial charge in [0.15, 0.2) is 0 Å². The van der Waals surface area contributed by atoms with Crippen molar-refractivity contribution >= 4 is 17.5 Å². The van der Waals surface area contributed by atoms with Gasteiger partial charge >= 0.3 is 0 Å². The van der Waals surface area contributed by atoms with Crippen molar-refractivity contribution < 1.29 is 4.79 Å². The zero-order valence-electron chi connectivity index (χ0n) is 9.21. The Morgan fingerprint density at radius 1 is 1.31 bits per heavy atom. The fraction of sp³-hybridized carbons (Fsp3) is 0.462. The lowest BCUT2D eigenvalue weighted by Gasteiger charge is -2.04. The molecular weight excluding hydrogens is 222 g/mol. The van der Waals surface area contributed by atoms with E-state index in [0.29, 0.717) is 11.4 Å². The van der Waals surface area contributed by atoms with Crippen LogP contribution in [0, 0.1) is 5.92 Å². The second-order valence-electron chi connectivity index (χ2n) is 4.32. The molecule has 0 aromatic heterocycles. The molecule has 0 bridgehead atoms. The quantitative estimate of drug-likeness (QED) is 0.784. The number of carbonyl (C=O) groups excluding carboxylic acids is 1. The van der Waals surface area contributed by atoms with E-state index in [4.69, 9.17) is 11.6 Å². The number of alkyl halides is 1. The lowest BCUT2D eigenvalue weighted by Crippen LogP contribution is -2.24. The van der Waals surface area contributed by atoms with E-state index in [9.17, 15) is 4.79 Å². The molecule has 0 atom stereocenters. The zero-order valence-corrected chi connectivity index (χ0v) is 9.96. The molecule has 1 N–H and O–H groups in total. The Labute approximate surface area is 101 Å². The number of carbonyl (C=O) groups is 1. The lowest BCUT2D eigenvalue weighted by molar-refractivity contribution is 0.0952. The van der Waals surface area contributed by atoms with Gasteiger partial charge in [0, 0.05) is 18.0 Å². The first-order chi connectivity index (χ1) is 7.79. The molecule has 0 heterocycles. The number of amides is 1. The smallest absolute Gasteiger partial charge is 0.251 e. The Bertz CT molecular complexity index is 357. The molecule has 1 aliphatic carbocycles. The molecule has 86 valence electrons. The van der Waals surface area contributed by atoms with E-state index < -0.39 is 0 Å². The Morgan fingerprint density at radius 3 is 2.56 bits per heavy atom. The van der Waals surface area contributed by atoms with Crippen LogP contribution < -0.4 is 5.32 Å². The molecule has 2 nitrogen and oxygen atoms in total. The van der Waals surface area contributed by atoms with Gasteiger partial charge in [0.05, 0.1) is 0 Å². The molecule has 1 fully saturated rings. The first-order valence-corrected chi connectivity index (χ1v) is 6.26. The van der Waals surface area contributed by atoms with Crippen molar-refractivity contribution in [3.63, 3.8) is 0 Å². The molecule has 3 heteroatoms. The summed E-state index contributed by atoms with van der Waals surface area (Å²) in [4.78, 5) is 11.7. The van der Waals surface area contributed by atoms with Crippen molar-refractivity contribution in [3.05, 3.63) is 35.4 Å². The van der Waals surface area contributed by atoms with Gasteiger partial charge in [-0.25, -0.2) is 0 Å². The highest BCUT2D eigenvalue weighted by atomic mass is 35.5. The van der Waals surface area contributed by atoms with Crippen molar-refractivity contribution in [1.29, 1.82) is 0 Å². The highest BCUT2D eigenvalue weighted by Gasteiger charge is 2.20. The zero-order chi connectivity index (χ0) is 11.4. The molecule has 1 aromatic carbocycles. The maximum absolute atomic E-state index is 11.7. The molecule has 2 rings (SSSR count). The van der Waals surface area contributed by atoms with E-state index in [1.807, 2.05) is 24.3 Å². The predicted molar refractivity (Wildman–Crippen MR) is 65.7 cm³/mol. The molecular formula is C13H16ClNO. The third kappa shape index (κ3) is 3.24. The Morgan fingerprint density at radius 2 is 2.00 bits per heavy atom. The molecule has 1 amide bonds. The van der Waals surface area contributed by atoms with Gasteiger partial charge in [-0.1, -0.05) is 25.0 Å². The largest absolute Gasteiger partial charge is 0.352 e.